The molecule has 0 spiro atoms. The first kappa shape index (κ1) is 39.8. The molecule has 10 heteroatoms. The van der Waals surface area contributed by atoms with Gasteiger partial charge in [0.1, 0.15) is 11.6 Å². The summed E-state index contributed by atoms with van der Waals surface area (Å²) >= 11 is 3.64. The highest BCUT2D eigenvalue weighted by atomic mass is 79.9. The lowest BCUT2D eigenvalue weighted by Gasteiger charge is -2.19. The Bertz CT molecular complexity index is 2640. The van der Waals surface area contributed by atoms with Crippen LogP contribution in [0.4, 0.5) is 23.0 Å². The molecule has 0 bridgehead atoms. The van der Waals surface area contributed by atoms with E-state index in [0.29, 0.717) is 18.7 Å². The van der Waals surface area contributed by atoms with Gasteiger partial charge in [-0.05, 0) is 81.4 Å². The number of benzene rings is 3. The van der Waals surface area contributed by atoms with E-state index in [2.05, 4.69) is 130 Å². The van der Waals surface area contributed by atoms with E-state index in [1.807, 2.05) is 61.2 Å². The molecule has 0 aliphatic carbocycles. The predicted molar refractivity (Wildman–Crippen MR) is 239 cm³/mol. The smallest absolute Gasteiger partial charge is 0.212 e. The Balaban J connectivity index is 0.000000177. The molecule has 8 rings (SSSR count). The number of methoxy groups -OCH3 is 1. The van der Waals surface area contributed by atoms with Crippen LogP contribution in [0.2, 0.25) is 0 Å². The van der Waals surface area contributed by atoms with Gasteiger partial charge in [-0.1, -0.05) is 98.2 Å². The number of pyridine rings is 5. The van der Waals surface area contributed by atoms with Gasteiger partial charge >= 0.3 is 0 Å². The van der Waals surface area contributed by atoms with Crippen molar-refractivity contribution in [3.8, 4) is 11.8 Å². The molecule has 0 saturated heterocycles. The summed E-state index contributed by atoms with van der Waals surface area (Å²) in [5.74, 6) is 2.28. The Morgan fingerprint density at radius 2 is 1.26 bits per heavy atom. The molecule has 0 radical (unpaired) electrons. The second-order valence-electron chi connectivity index (χ2n) is 15.0. The van der Waals surface area contributed by atoms with E-state index >= 15 is 0 Å². The normalized spacial score (nSPS) is 11.2. The second kappa shape index (κ2) is 17.8. The van der Waals surface area contributed by atoms with E-state index in [-0.39, 0.29) is 11.3 Å². The maximum atomic E-state index is 9.39. The quantitative estimate of drug-likeness (QED) is 0.124. The zero-order valence-electron chi connectivity index (χ0n) is 33.3. The highest BCUT2D eigenvalue weighted by Gasteiger charge is 2.15. The van der Waals surface area contributed by atoms with Crippen LogP contribution in [0.1, 0.15) is 61.1 Å². The molecule has 58 heavy (non-hydrogen) atoms. The van der Waals surface area contributed by atoms with E-state index in [0.717, 1.165) is 77.8 Å². The summed E-state index contributed by atoms with van der Waals surface area (Å²) < 4.78 is 6.24. The van der Waals surface area contributed by atoms with Crippen LogP contribution in [0.25, 0.3) is 21.7 Å². The molecule has 0 unspecified atom stereocenters. The van der Waals surface area contributed by atoms with Gasteiger partial charge in [0.05, 0.1) is 12.6 Å². The molecule has 3 aromatic carbocycles. The summed E-state index contributed by atoms with van der Waals surface area (Å²) in [5, 5.41) is 19.5. The lowest BCUT2D eigenvalue weighted by Crippen LogP contribution is -2.10. The molecular weight excluding hydrogens is 786 g/mol. The minimum atomic E-state index is 0.0338. The van der Waals surface area contributed by atoms with Gasteiger partial charge in [0.2, 0.25) is 11.8 Å². The highest BCUT2D eigenvalue weighted by Crippen LogP contribution is 2.31. The third-order valence-electron chi connectivity index (χ3n) is 9.91. The third-order valence-corrected chi connectivity index (χ3v) is 10.6. The monoisotopic (exact) mass is 831 g/mol. The van der Waals surface area contributed by atoms with Crippen molar-refractivity contribution in [3.63, 3.8) is 0 Å². The van der Waals surface area contributed by atoms with Gasteiger partial charge in [-0.15, -0.1) is 0 Å². The van der Waals surface area contributed by atoms with Gasteiger partial charge in [-0.2, -0.15) is 0 Å². The average molecular weight is 833 g/mol. The van der Waals surface area contributed by atoms with Crippen LogP contribution in [0.3, 0.4) is 0 Å². The largest absolute Gasteiger partial charge is 0.493 e. The first-order valence-electron chi connectivity index (χ1n) is 19.2. The summed E-state index contributed by atoms with van der Waals surface area (Å²) in [7, 11) is 1.62. The summed E-state index contributed by atoms with van der Waals surface area (Å²) in [6, 6.07) is 34.4. The van der Waals surface area contributed by atoms with Gasteiger partial charge in [0, 0.05) is 88.1 Å². The van der Waals surface area contributed by atoms with Crippen molar-refractivity contribution in [1.82, 2.24) is 24.9 Å². The highest BCUT2D eigenvalue weighted by molar-refractivity contribution is 9.10. The number of hydrogen-bond donors (Lipinski definition) is 3. The molecule has 0 amide bonds. The molecule has 0 aliphatic heterocycles. The van der Waals surface area contributed by atoms with Crippen molar-refractivity contribution in [2.24, 2.45) is 0 Å². The predicted octanol–water partition coefficient (Wildman–Crippen LogP) is 11.7. The molecule has 5 aromatic heterocycles. The fraction of sp³-hybridized carbons (Fsp3) is 0.188. The number of hydrogen-bond acceptors (Lipinski definition) is 9. The molecular formula is C48H46BrN7O2. The van der Waals surface area contributed by atoms with Crippen molar-refractivity contribution in [2.45, 2.75) is 52.4 Å². The van der Waals surface area contributed by atoms with Crippen LogP contribution in [-0.2, 0) is 24.7 Å². The Kier molecular flexibility index (Phi) is 12.2. The third kappa shape index (κ3) is 9.58. The fourth-order valence-corrected chi connectivity index (χ4v) is 7.34. The number of aromatic nitrogens is 5. The maximum Gasteiger partial charge on any atom is 0.212 e. The molecule has 0 atom stereocenters. The molecule has 292 valence electrons. The zero-order valence-corrected chi connectivity index (χ0v) is 34.9. The van der Waals surface area contributed by atoms with Gasteiger partial charge in [-0.3, -0.25) is 4.98 Å². The van der Waals surface area contributed by atoms with Crippen LogP contribution < -0.4 is 15.4 Å². The van der Waals surface area contributed by atoms with Gasteiger partial charge in [-0.25, -0.2) is 19.9 Å². The SMILES string of the molecule is CCc1ccc(Nc2ncc(Cc3ccc(O)nc3)c3ccccc23)cc1Br.COc1ccc(Cc2cnc(Nc3ccc(C(C)(C)C)cc3)c3cccnc23)cn1. The summed E-state index contributed by atoms with van der Waals surface area (Å²) in [6.45, 7) is 8.79. The minimum absolute atomic E-state index is 0.0338. The first-order chi connectivity index (χ1) is 28.1. The Morgan fingerprint density at radius 3 is 1.91 bits per heavy atom. The standard InChI is InChI=1S/C25H26N4O.C23H20BrN3O/c1-25(2,3)19-8-10-20(11-9-19)29-24-21-6-5-13-26-23(21)18(16-28-24)14-17-7-12-22(30-4)27-15-17;1-2-16-8-9-18(12-21(16)24)27-23-20-6-4-3-5-19(20)17(14-26-23)11-15-7-10-22(28)25-13-15/h5-13,15-16H,14H2,1-4H3,(H,28,29);3-10,12-14H,2,11H2,1H3,(H,25,28)(H,26,27). The number of nitrogens with one attached hydrogen (secondary N) is 2. The molecule has 0 saturated carbocycles. The molecule has 5 heterocycles. The van der Waals surface area contributed by atoms with E-state index in [9.17, 15) is 5.11 Å². The van der Waals surface area contributed by atoms with Crippen LogP contribution in [-0.4, -0.2) is 37.1 Å². The Hall–Kier alpha value is -6.39. The van der Waals surface area contributed by atoms with Gasteiger partial charge < -0.3 is 20.5 Å². The van der Waals surface area contributed by atoms with E-state index in [4.69, 9.17) is 14.7 Å². The van der Waals surface area contributed by atoms with E-state index < -0.39 is 0 Å². The summed E-state index contributed by atoms with van der Waals surface area (Å²) in [6.07, 6.45) is 11.6. The maximum absolute atomic E-state index is 9.39. The van der Waals surface area contributed by atoms with E-state index in [1.165, 1.54) is 11.1 Å². The number of halogens is 1. The topological polar surface area (TPSA) is 118 Å². The van der Waals surface area contributed by atoms with Crippen LogP contribution in [0.15, 0.2) is 139 Å². The lowest BCUT2D eigenvalue weighted by molar-refractivity contribution is 0.397. The Morgan fingerprint density at radius 1 is 0.621 bits per heavy atom. The molecule has 0 fully saturated rings. The molecule has 9 nitrogen and oxygen atoms in total. The second-order valence-corrected chi connectivity index (χ2v) is 15.9. The van der Waals surface area contributed by atoms with Crippen molar-refractivity contribution >= 4 is 60.6 Å². The van der Waals surface area contributed by atoms with E-state index in [1.54, 1.807) is 19.4 Å². The van der Waals surface area contributed by atoms with Crippen molar-refractivity contribution in [2.75, 3.05) is 17.7 Å². The molecule has 3 N–H and O–H groups in total. The van der Waals surface area contributed by atoms with Crippen molar-refractivity contribution < 1.29 is 9.84 Å². The summed E-state index contributed by atoms with van der Waals surface area (Å²) in [4.78, 5) is 22.3. The number of aromatic hydroxyl groups is 1. The number of fused-ring (bicyclic) bond motifs is 2. The van der Waals surface area contributed by atoms with Crippen LogP contribution >= 0.6 is 15.9 Å². The Labute approximate surface area is 347 Å². The van der Waals surface area contributed by atoms with Crippen molar-refractivity contribution in [3.05, 3.63) is 172 Å². The number of anilines is 4. The van der Waals surface area contributed by atoms with Crippen LogP contribution in [0.5, 0.6) is 11.8 Å². The summed E-state index contributed by atoms with van der Waals surface area (Å²) in [5.41, 5.74) is 9.96. The fourth-order valence-electron chi connectivity index (χ4n) is 6.68. The average Bonchev–Trinajstić information content (AvgIpc) is 3.24. The van der Waals surface area contributed by atoms with Crippen LogP contribution in [0, 0.1) is 0 Å². The number of ether oxygens (including phenoxy) is 1. The van der Waals surface area contributed by atoms with Crippen molar-refractivity contribution in [1.29, 1.82) is 0 Å². The zero-order chi connectivity index (χ0) is 40.6. The lowest BCUT2D eigenvalue weighted by atomic mass is 9.87. The van der Waals surface area contributed by atoms with Gasteiger partial charge in [0.15, 0.2) is 0 Å². The number of rotatable bonds is 10. The van der Waals surface area contributed by atoms with Gasteiger partial charge in [0.25, 0.3) is 0 Å². The molecule has 0 aliphatic rings. The number of nitrogens with zero attached hydrogens (tertiary/aromatic N) is 5. The first-order valence-corrected chi connectivity index (χ1v) is 20.0. The number of aryl methyl sites for hydroxylation is 1. The minimum Gasteiger partial charge on any atom is -0.493 e. The molecule has 8 aromatic rings.